The lowest BCUT2D eigenvalue weighted by Crippen LogP contribution is -2.12. The first kappa shape index (κ1) is 21.5. The molecule has 7 nitrogen and oxygen atoms in total. The molecule has 12 heteroatoms. The summed E-state index contributed by atoms with van der Waals surface area (Å²) in [6.45, 7) is 0.217. The van der Waals surface area contributed by atoms with Crippen molar-refractivity contribution in [3.63, 3.8) is 0 Å². The first-order chi connectivity index (χ1) is 14.0. The number of primary sulfonamides is 1. The van der Waals surface area contributed by atoms with Gasteiger partial charge < -0.3 is 10.6 Å². The van der Waals surface area contributed by atoms with Crippen LogP contribution in [0.4, 0.5) is 34.9 Å². The summed E-state index contributed by atoms with van der Waals surface area (Å²) in [6.07, 6.45) is -3.58. The van der Waals surface area contributed by atoms with Crippen LogP contribution in [-0.2, 0) is 22.7 Å². The van der Waals surface area contributed by atoms with Crippen molar-refractivity contribution < 1.29 is 26.0 Å². The molecule has 4 N–H and O–H groups in total. The van der Waals surface area contributed by atoms with E-state index in [1.165, 1.54) is 24.5 Å². The number of aromatic nitrogens is 2. The number of hydrogen-bond acceptors (Lipinski definition) is 6. The zero-order chi connectivity index (χ0) is 21.9. The molecule has 0 spiro atoms. The van der Waals surface area contributed by atoms with Gasteiger partial charge >= 0.3 is 6.18 Å². The summed E-state index contributed by atoms with van der Waals surface area (Å²) < 4.78 is 74.5. The van der Waals surface area contributed by atoms with E-state index in [1.807, 2.05) is 0 Å². The molecular weight excluding hydrogens is 426 g/mol. The fraction of sp³-hybridized carbons (Fsp3) is 0.111. The highest BCUT2D eigenvalue weighted by Gasteiger charge is 2.33. The zero-order valence-electron chi connectivity index (χ0n) is 15.1. The van der Waals surface area contributed by atoms with Gasteiger partial charge in [-0.2, -0.15) is 13.2 Å². The van der Waals surface area contributed by atoms with E-state index in [0.29, 0.717) is 17.4 Å². The van der Waals surface area contributed by atoms with Crippen LogP contribution >= 0.6 is 0 Å². The number of nitrogens with zero attached hydrogens (tertiary/aromatic N) is 2. The number of benzene rings is 2. The third kappa shape index (κ3) is 5.42. The van der Waals surface area contributed by atoms with E-state index in [4.69, 9.17) is 5.14 Å². The van der Waals surface area contributed by atoms with Gasteiger partial charge in [0.2, 0.25) is 10.0 Å². The van der Waals surface area contributed by atoms with Crippen LogP contribution in [-0.4, -0.2) is 18.4 Å². The van der Waals surface area contributed by atoms with Crippen molar-refractivity contribution in [3.05, 3.63) is 71.8 Å². The number of anilines is 3. The molecule has 3 rings (SSSR count). The average Bonchev–Trinajstić information content (AvgIpc) is 2.65. The van der Waals surface area contributed by atoms with Crippen molar-refractivity contribution in [2.45, 2.75) is 17.6 Å². The first-order valence-electron chi connectivity index (χ1n) is 8.34. The summed E-state index contributed by atoms with van der Waals surface area (Å²) in [5.74, 6) is -0.847. The Hall–Kier alpha value is -3.25. The highest BCUT2D eigenvalue weighted by molar-refractivity contribution is 7.89. The molecule has 0 aliphatic rings. The Morgan fingerprint density at radius 2 is 1.73 bits per heavy atom. The Bertz CT molecular complexity index is 1170. The maximum absolute atomic E-state index is 13.7. The summed E-state index contributed by atoms with van der Waals surface area (Å²) >= 11 is 0. The standard InChI is InChI=1S/C18H15F4N5O2S/c19-15-7-12(4-5-14(15)18(20,21)22)27-17-8-16(25-10-26-17)24-9-11-2-1-3-13(6-11)30(23,28)29/h1-8,10H,9H2,(H2,23,28,29)(H2,24,25,26,27). The monoisotopic (exact) mass is 441 g/mol. The molecule has 0 unspecified atom stereocenters. The molecule has 158 valence electrons. The highest BCUT2D eigenvalue weighted by atomic mass is 32.2. The van der Waals surface area contributed by atoms with Crippen LogP contribution in [0.25, 0.3) is 0 Å². The molecule has 0 aliphatic heterocycles. The smallest absolute Gasteiger partial charge is 0.366 e. The molecule has 0 saturated heterocycles. The molecule has 0 amide bonds. The second-order valence-electron chi connectivity index (χ2n) is 6.15. The SMILES string of the molecule is NS(=O)(=O)c1cccc(CNc2cc(Nc3ccc(C(F)(F)F)c(F)c3)ncn2)c1. The van der Waals surface area contributed by atoms with Crippen molar-refractivity contribution in [1.29, 1.82) is 0 Å². The molecule has 0 fully saturated rings. The number of halogens is 4. The molecule has 3 aromatic rings. The third-order valence-corrected chi connectivity index (χ3v) is 4.83. The minimum absolute atomic E-state index is 0.0313. The normalized spacial score (nSPS) is 11.9. The Morgan fingerprint density at radius 3 is 2.40 bits per heavy atom. The number of rotatable bonds is 6. The Balaban J connectivity index is 1.71. The van der Waals surface area contributed by atoms with E-state index in [1.54, 1.807) is 12.1 Å². The molecule has 0 atom stereocenters. The summed E-state index contributed by atoms with van der Waals surface area (Å²) in [5, 5.41) is 10.8. The van der Waals surface area contributed by atoms with Crippen molar-refractivity contribution >= 4 is 27.3 Å². The Kier molecular flexibility index (Phi) is 5.89. The van der Waals surface area contributed by atoms with Gasteiger partial charge in [0.15, 0.2) is 0 Å². The minimum Gasteiger partial charge on any atom is -0.366 e. The van der Waals surface area contributed by atoms with Gasteiger partial charge in [-0.25, -0.2) is 27.9 Å². The molecule has 1 heterocycles. The van der Waals surface area contributed by atoms with E-state index in [9.17, 15) is 26.0 Å². The van der Waals surface area contributed by atoms with Crippen LogP contribution in [0, 0.1) is 5.82 Å². The van der Waals surface area contributed by atoms with Gasteiger partial charge in [0, 0.05) is 18.3 Å². The average molecular weight is 441 g/mol. The van der Waals surface area contributed by atoms with E-state index in [-0.39, 0.29) is 22.9 Å². The summed E-state index contributed by atoms with van der Waals surface area (Å²) in [5.41, 5.74) is -0.662. The predicted octanol–water partition coefficient (Wildman–Crippen LogP) is 3.64. The number of sulfonamides is 1. The molecule has 0 aliphatic carbocycles. The lowest BCUT2D eigenvalue weighted by Gasteiger charge is -2.11. The molecule has 30 heavy (non-hydrogen) atoms. The largest absolute Gasteiger partial charge is 0.419 e. The first-order valence-corrected chi connectivity index (χ1v) is 9.88. The summed E-state index contributed by atoms with van der Waals surface area (Å²) in [4.78, 5) is 7.91. The predicted molar refractivity (Wildman–Crippen MR) is 102 cm³/mol. The van der Waals surface area contributed by atoms with Gasteiger partial charge in [-0.05, 0) is 35.9 Å². The second kappa shape index (κ2) is 8.24. The molecule has 0 saturated carbocycles. The van der Waals surface area contributed by atoms with Gasteiger partial charge in [-0.3, -0.25) is 0 Å². The van der Waals surface area contributed by atoms with Crippen LogP contribution in [0.2, 0.25) is 0 Å². The number of nitrogens with one attached hydrogen (secondary N) is 2. The van der Waals surface area contributed by atoms with Gasteiger partial charge in [-0.15, -0.1) is 0 Å². The zero-order valence-corrected chi connectivity index (χ0v) is 15.9. The number of nitrogens with two attached hydrogens (primary N) is 1. The van der Waals surface area contributed by atoms with Crippen LogP contribution < -0.4 is 15.8 Å². The van der Waals surface area contributed by atoms with Crippen molar-refractivity contribution in [3.8, 4) is 0 Å². The van der Waals surface area contributed by atoms with E-state index < -0.39 is 27.6 Å². The van der Waals surface area contributed by atoms with Crippen molar-refractivity contribution in [1.82, 2.24) is 9.97 Å². The van der Waals surface area contributed by atoms with Gasteiger partial charge in [-0.1, -0.05) is 12.1 Å². The van der Waals surface area contributed by atoms with Crippen LogP contribution in [0.15, 0.2) is 59.8 Å². The molecular formula is C18H15F4N5O2S. The quantitative estimate of drug-likeness (QED) is 0.504. The lowest BCUT2D eigenvalue weighted by atomic mass is 10.2. The fourth-order valence-corrected chi connectivity index (χ4v) is 3.10. The maximum Gasteiger partial charge on any atom is 0.419 e. The topological polar surface area (TPSA) is 110 Å². The minimum atomic E-state index is -4.78. The Labute approximate surface area is 169 Å². The van der Waals surface area contributed by atoms with Crippen molar-refractivity contribution in [2.75, 3.05) is 10.6 Å². The highest BCUT2D eigenvalue weighted by Crippen LogP contribution is 2.32. The molecule has 0 radical (unpaired) electrons. The number of hydrogen-bond donors (Lipinski definition) is 3. The van der Waals surface area contributed by atoms with Crippen LogP contribution in [0.5, 0.6) is 0 Å². The Morgan fingerprint density at radius 1 is 1.00 bits per heavy atom. The number of alkyl halides is 3. The van der Waals surface area contributed by atoms with Crippen LogP contribution in [0.1, 0.15) is 11.1 Å². The van der Waals surface area contributed by atoms with Crippen LogP contribution in [0.3, 0.4) is 0 Å². The van der Waals surface area contributed by atoms with Gasteiger partial charge in [0.1, 0.15) is 23.8 Å². The summed E-state index contributed by atoms with van der Waals surface area (Å²) in [7, 11) is -3.83. The van der Waals surface area contributed by atoms with E-state index in [2.05, 4.69) is 20.6 Å². The van der Waals surface area contributed by atoms with Gasteiger partial charge in [0.05, 0.1) is 10.5 Å². The molecule has 0 bridgehead atoms. The van der Waals surface area contributed by atoms with E-state index >= 15 is 0 Å². The molecule has 1 aromatic heterocycles. The maximum atomic E-state index is 13.7. The third-order valence-electron chi connectivity index (χ3n) is 3.91. The van der Waals surface area contributed by atoms with E-state index in [0.717, 1.165) is 12.1 Å². The van der Waals surface area contributed by atoms with Gasteiger partial charge in [0.25, 0.3) is 0 Å². The molecule has 2 aromatic carbocycles. The second-order valence-corrected chi connectivity index (χ2v) is 7.71. The summed E-state index contributed by atoms with van der Waals surface area (Å²) in [6, 6.07) is 9.91. The van der Waals surface area contributed by atoms with Crippen molar-refractivity contribution in [2.24, 2.45) is 5.14 Å². The lowest BCUT2D eigenvalue weighted by molar-refractivity contribution is -0.139. The fourth-order valence-electron chi connectivity index (χ4n) is 2.52.